The Balaban J connectivity index is 1.64. The van der Waals surface area contributed by atoms with Crippen LogP contribution in [0.5, 0.6) is 5.75 Å². The maximum atomic E-state index is 13.4. The molecule has 1 saturated carbocycles. The third-order valence-corrected chi connectivity index (χ3v) is 4.97. The van der Waals surface area contributed by atoms with Crippen molar-refractivity contribution in [2.45, 2.75) is 44.9 Å². The molecule has 1 heterocycles. The Labute approximate surface area is 141 Å². The Morgan fingerprint density at radius 2 is 1.88 bits per heavy atom. The first-order valence-corrected chi connectivity index (χ1v) is 8.60. The molecule has 24 heavy (non-hydrogen) atoms. The number of pyridine rings is 1. The zero-order valence-corrected chi connectivity index (χ0v) is 13.9. The van der Waals surface area contributed by atoms with Gasteiger partial charge in [0, 0.05) is 6.20 Å². The number of carbonyl (C=O) groups excluding carboxylic acids is 1. The van der Waals surface area contributed by atoms with E-state index in [1.807, 2.05) is 12.1 Å². The van der Waals surface area contributed by atoms with Crippen molar-refractivity contribution in [2.75, 3.05) is 0 Å². The summed E-state index contributed by atoms with van der Waals surface area (Å²) in [6, 6.07) is 10.4. The van der Waals surface area contributed by atoms with E-state index in [1.165, 1.54) is 56.0 Å². The lowest BCUT2D eigenvalue weighted by Crippen LogP contribution is -2.13. The fourth-order valence-electron chi connectivity index (χ4n) is 3.40. The van der Waals surface area contributed by atoms with Crippen molar-refractivity contribution in [1.29, 1.82) is 0 Å². The number of ether oxygens (including phenoxy) is 1. The van der Waals surface area contributed by atoms with Crippen molar-refractivity contribution >= 4 is 5.97 Å². The second-order valence-corrected chi connectivity index (χ2v) is 6.43. The Kier molecular flexibility index (Phi) is 5.24. The summed E-state index contributed by atoms with van der Waals surface area (Å²) in [5.74, 6) is -0.0544. The highest BCUT2D eigenvalue weighted by Gasteiger charge is 2.21. The summed E-state index contributed by atoms with van der Waals surface area (Å²) in [7, 11) is 0. The van der Waals surface area contributed by atoms with Crippen molar-refractivity contribution < 1.29 is 13.9 Å². The van der Waals surface area contributed by atoms with Crippen LogP contribution in [0.2, 0.25) is 0 Å². The molecule has 0 spiro atoms. The summed E-state index contributed by atoms with van der Waals surface area (Å²) in [5, 5.41) is 0. The molecule has 0 aliphatic heterocycles. The third kappa shape index (κ3) is 3.81. The van der Waals surface area contributed by atoms with Gasteiger partial charge >= 0.3 is 5.97 Å². The van der Waals surface area contributed by atoms with E-state index in [0.29, 0.717) is 11.5 Å². The molecular formula is C20H22FNO2. The Morgan fingerprint density at radius 1 is 1.17 bits per heavy atom. The molecule has 1 aliphatic rings. The average molecular weight is 327 g/mol. The summed E-state index contributed by atoms with van der Waals surface area (Å²) < 4.78 is 18.5. The highest BCUT2D eigenvalue weighted by Crippen LogP contribution is 2.36. The lowest BCUT2D eigenvalue weighted by Gasteiger charge is -2.28. The zero-order valence-electron chi connectivity index (χ0n) is 13.9. The number of nitrogens with zero attached hydrogens (tertiary/aromatic N) is 1. The maximum absolute atomic E-state index is 13.4. The van der Waals surface area contributed by atoms with Gasteiger partial charge in [0.2, 0.25) is 0 Å². The zero-order chi connectivity index (χ0) is 16.9. The number of benzene rings is 1. The Bertz CT molecular complexity index is 691. The fraction of sp³-hybridized carbons (Fsp3) is 0.400. The summed E-state index contributed by atoms with van der Waals surface area (Å²) in [6.45, 7) is 2.26. The normalized spacial score (nSPS) is 20.6. The van der Waals surface area contributed by atoms with Gasteiger partial charge in [-0.1, -0.05) is 25.5 Å². The lowest BCUT2D eigenvalue weighted by atomic mass is 9.78. The highest BCUT2D eigenvalue weighted by molar-refractivity contribution is 5.91. The van der Waals surface area contributed by atoms with Crippen molar-refractivity contribution in [3.05, 3.63) is 59.7 Å². The Morgan fingerprint density at radius 3 is 2.50 bits per heavy atom. The van der Waals surface area contributed by atoms with E-state index in [9.17, 15) is 9.18 Å². The van der Waals surface area contributed by atoms with Gasteiger partial charge in [-0.25, -0.2) is 9.78 Å². The van der Waals surface area contributed by atoms with Crippen LogP contribution in [0.1, 0.15) is 60.9 Å². The molecule has 0 unspecified atom stereocenters. The quantitative estimate of drug-likeness (QED) is 0.577. The van der Waals surface area contributed by atoms with Crippen LogP contribution in [-0.4, -0.2) is 11.0 Å². The van der Waals surface area contributed by atoms with E-state index in [-0.39, 0.29) is 5.75 Å². The van der Waals surface area contributed by atoms with E-state index in [4.69, 9.17) is 4.74 Å². The number of halogens is 1. The molecule has 2 aromatic rings. The number of esters is 1. The van der Waals surface area contributed by atoms with Crippen LogP contribution >= 0.6 is 0 Å². The minimum atomic E-state index is -0.782. The fourth-order valence-corrected chi connectivity index (χ4v) is 3.40. The van der Waals surface area contributed by atoms with E-state index in [1.54, 1.807) is 12.1 Å². The van der Waals surface area contributed by atoms with Gasteiger partial charge in [-0.15, -0.1) is 0 Å². The van der Waals surface area contributed by atoms with Gasteiger partial charge in [-0.3, -0.25) is 0 Å². The Hall–Kier alpha value is -2.23. The predicted molar refractivity (Wildman–Crippen MR) is 90.6 cm³/mol. The number of hydrogen-bond donors (Lipinski definition) is 0. The van der Waals surface area contributed by atoms with Gasteiger partial charge in [0.15, 0.2) is 5.75 Å². The second-order valence-electron chi connectivity index (χ2n) is 6.43. The van der Waals surface area contributed by atoms with Crippen LogP contribution in [-0.2, 0) is 0 Å². The number of aromatic nitrogens is 1. The summed E-state index contributed by atoms with van der Waals surface area (Å²) >= 11 is 0. The standard InChI is InChI=1S/C20H22FNO2/c1-2-14-5-7-15(8-6-14)16-9-11-17(12-10-16)20(23)24-18-4-3-13-22-19(18)21/h3-4,9-15H,2,5-8H2,1H3. The molecule has 0 atom stereocenters. The molecule has 0 saturated heterocycles. The van der Waals surface area contributed by atoms with E-state index in [2.05, 4.69) is 11.9 Å². The molecular weight excluding hydrogens is 305 g/mol. The molecule has 1 fully saturated rings. The first kappa shape index (κ1) is 16.6. The summed E-state index contributed by atoms with van der Waals surface area (Å²) in [4.78, 5) is 15.6. The molecule has 4 heteroatoms. The van der Waals surface area contributed by atoms with E-state index >= 15 is 0 Å². The van der Waals surface area contributed by atoms with Gasteiger partial charge in [-0.05, 0) is 67.3 Å². The van der Waals surface area contributed by atoms with Gasteiger partial charge in [0.05, 0.1) is 5.56 Å². The van der Waals surface area contributed by atoms with Crippen LogP contribution < -0.4 is 4.74 Å². The molecule has 3 nitrogen and oxygen atoms in total. The third-order valence-electron chi connectivity index (χ3n) is 4.97. The molecule has 1 aliphatic carbocycles. The molecule has 3 rings (SSSR count). The van der Waals surface area contributed by atoms with Crippen LogP contribution in [0.3, 0.4) is 0 Å². The monoisotopic (exact) mass is 327 g/mol. The van der Waals surface area contributed by atoms with Gasteiger partial charge in [0.1, 0.15) is 0 Å². The summed E-state index contributed by atoms with van der Waals surface area (Å²) in [6.07, 6.45) is 7.57. The smallest absolute Gasteiger partial charge is 0.343 e. The molecule has 0 bridgehead atoms. The van der Waals surface area contributed by atoms with Gasteiger partial charge in [-0.2, -0.15) is 4.39 Å². The number of hydrogen-bond acceptors (Lipinski definition) is 3. The van der Waals surface area contributed by atoms with Crippen LogP contribution in [0.25, 0.3) is 0 Å². The molecule has 0 N–H and O–H groups in total. The molecule has 126 valence electrons. The topological polar surface area (TPSA) is 39.2 Å². The second kappa shape index (κ2) is 7.56. The van der Waals surface area contributed by atoms with E-state index in [0.717, 1.165) is 5.92 Å². The minimum Gasteiger partial charge on any atom is -0.418 e. The van der Waals surface area contributed by atoms with Crippen LogP contribution in [0.4, 0.5) is 4.39 Å². The predicted octanol–water partition coefficient (Wildman–Crippen LogP) is 5.12. The largest absolute Gasteiger partial charge is 0.418 e. The molecule has 1 aromatic carbocycles. The number of rotatable bonds is 4. The van der Waals surface area contributed by atoms with Crippen molar-refractivity contribution in [1.82, 2.24) is 4.98 Å². The molecule has 1 aromatic heterocycles. The van der Waals surface area contributed by atoms with Crippen LogP contribution in [0, 0.1) is 11.9 Å². The lowest BCUT2D eigenvalue weighted by molar-refractivity contribution is 0.0726. The van der Waals surface area contributed by atoms with Crippen molar-refractivity contribution in [2.24, 2.45) is 5.92 Å². The van der Waals surface area contributed by atoms with Gasteiger partial charge in [0.25, 0.3) is 5.95 Å². The first-order valence-electron chi connectivity index (χ1n) is 8.60. The van der Waals surface area contributed by atoms with Crippen LogP contribution in [0.15, 0.2) is 42.6 Å². The van der Waals surface area contributed by atoms with Crippen molar-refractivity contribution in [3.63, 3.8) is 0 Å². The minimum absolute atomic E-state index is 0.149. The number of carbonyl (C=O) groups is 1. The van der Waals surface area contributed by atoms with Gasteiger partial charge < -0.3 is 4.74 Å². The van der Waals surface area contributed by atoms with E-state index < -0.39 is 11.9 Å². The maximum Gasteiger partial charge on any atom is 0.343 e. The average Bonchev–Trinajstić information content (AvgIpc) is 2.64. The highest BCUT2D eigenvalue weighted by atomic mass is 19.1. The SMILES string of the molecule is CCC1CCC(c2ccc(C(=O)Oc3cccnc3F)cc2)CC1. The van der Waals surface area contributed by atoms with Crippen molar-refractivity contribution in [3.8, 4) is 5.75 Å². The summed E-state index contributed by atoms with van der Waals surface area (Å²) in [5.41, 5.74) is 1.69. The molecule has 0 radical (unpaired) electrons. The molecule has 0 amide bonds. The first-order chi connectivity index (χ1) is 11.7.